The van der Waals surface area contributed by atoms with Gasteiger partial charge in [-0.05, 0) is 31.0 Å². The minimum atomic E-state index is -0.321. The molecule has 1 amide bonds. The largest absolute Gasteiger partial charge is 0.377 e. The Bertz CT molecular complexity index is 505. The van der Waals surface area contributed by atoms with Gasteiger partial charge in [-0.2, -0.15) is 0 Å². The molecule has 0 atom stereocenters. The lowest BCUT2D eigenvalue weighted by Crippen LogP contribution is -2.20. The van der Waals surface area contributed by atoms with Crippen molar-refractivity contribution in [2.45, 2.75) is 26.7 Å². The average molecular weight is 262 g/mol. The van der Waals surface area contributed by atoms with Crippen molar-refractivity contribution >= 4 is 17.2 Å². The molecule has 3 nitrogen and oxygen atoms in total. The first-order valence-corrected chi connectivity index (χ1v) is 6.72. The van der Waals surface area contributed by atoms with Crippen molar-refractivity contribution in [2.24, 2.45) is 0 Å². The first-order chi connectivity index (χ1) is 9.15. The van der Waals surface area contributed by atoms with Gasteiger partial charge >= 0.3 is 0 Å². The Morgan fingerprint density at radius 3 is 2.58 bits per heavy atom. The van der Waals surface area contributed by atoms with E-state index in [1.807, 2.05) is 6.20 Å². The van der Waals surface area contributed by atoms with E-state index in [-0.39, 0.29) is 11.7 Å². The number of carbonyl (C=O) groups is 1. The fraction of sp³-hybridized carbons (Fsp3) is 0.400. The Labute approximate surface area is 113 Å². The van der Waals surface area contributed by atoms with Crippen LogP contribution in [-0.4, -0.2) is 23.9 Å². The zero-order valence-electron chi connectivity index (χ0n) is 11.4. The molecule has 0 aliphatic carbocycles. The van der Waals surface area contributed by atoms with Crippen LogP contribution in [0.5, 0.6) is 0 Å². The van der Waals surface area contributed by atoms with Crippen molar-refractivity contribution in [1.82, 2.24) is 4.90 Å². The fourth-order valence-corrected chi connectivity index (χ4v) is 2.29. The van der Waals surface area contributed by atoms with Crippen molar-refractivity contribution in [2.75, 3.05) is 18.4 Å². The second kappa shape index (κ2) is 5.87. The lowest BCUT2D eigenvalue weighted by Gasteiger charge is -2.19. The van der Waals surface area contributed by atoms with E-state index < -0.39 is 0 Å². The SMILES string of the molecule is CCCN(/C=C1/C(=O)Nc2ccc(F)cc21)CCC. The van der Waals surface area contributed by atoms with Crippen molar-refractivity contribution < 1.29 is 9.18 Å². The topological polar surface area (TPSA) is 32.3 Å². The molecule has 0 bridgehead atoms. The number of hydrogen-bond acceptors (Lipinski definition) is 2. The molecule has 1 heterocycles. The molecule has 2 rings (SSSR count). The number of anilines is 1. The third-order valence-corrected chi connectivity index (χ3v) is 3.10. The van der Waals surface area contributed by atoms with Gasteiger partial charge in [-0.1, -0.05) is 13.8 Å². The Morgan fingerprint density at radius 1 is 1.26 bits per heavy atom. The molecule has 0 saturated heterocycles. The summed E-state index contributed by atoms with van der Waals surface area (Å²) in [5.74, 6) is -0.475. The Morgan fingerprint density at radius 2 is 1.95 bits per heavy atom. The highest BCUT2D eigenvalue weighted by atomic mass is 19.1. The average Bonchev–Trinajstić information content (AvgIpc) is 2.67. The number of nitrogens with zero attached hydrogens (tertiary/aromatic N) is 1. The number of rotatable bonds is 5. The molecule has 102 valence electrons. The minimum absolute atomic E-state index is 0.155. The standard InChI is InChI=1S/C15H19FN2O/c1-3-7-18(8-4-2)10-13-12-9-11(16)5-6-14(12)17-15(13)19/h5-6,9-10H,3-4,7-8H2,1-2H3,(H,17,19)/b13-10+. The molecule has 1 aromatic rings. The maximum atomic E-state index is 13.3. The maximum absolute atomic E-state index is 13.3. The monoisotopic (exact) mass is 262 g/mol. The van der Waals surface area contributed by atoms with E-state index in [9.17, 15) is 9.18 Å². The highest BCUT2D eigenvalue weighted by Gasteiger charge is 2.25. The van der Waals surface area contributed by atoms with Gasteiger partial charge in [0.05, 0.1) is 5.57 Å². The van der Waals surface area contributed by atoms with Crippen molar-refractivity contribution in [3.05, 3.63) is 35.8 Å². The van der Waals surface area contributed by atoms with Crippen LogP contribution in [0.15, 0.2) is 24.4 Å². The van der Waals surface area contributed by atoms with Crippen LogP contribution in [0.4, 0.5) is 10.1 Å². The van der Waals surface area contributed by atoms with E-state index in [1.165, 1.54) is 12.1 Å². The predicted molar refractivity (Wildman–Crippen MR) is 75.2 cm³/mol. The molecule has 1 aliphatic heterocycles. The van der Waals surface area contributed by atoms with Crippen molar-refractivity contribution in [3.8, 4) is 0 Å². The van der Waals surface area contributed by atoms with Crippen molar-refractivity contribution in [3.63, 3.8) is 0 Å². The quantitative estimate of drug-likeness (QED) is 0.826. The zero-order valence-corrected chi connectivity index (χ0v) is 11.4. The Hall–Kier alpha value is -1.84. The molecule has 0 radical (unpaired) electrons. The second-order valence-electron chi connectivity index (χ2n) is 4.72. The van der Waals surface area contributed by atoms with Gasteiger partial charge in [0, 0.05) is 30.5 Å². The second-order valence-corrected chi connectivity index (χ2v) is 4.72. The molecule has 19 heavy (non-hydrogen) atoms. The van der Waals surface area contributed by atoms with Crippen molar-refractivity contribution in [1.29, 1.82) is 0 Å². The molecule has 1 N–H and O–H groups in total. The van der Waals surface area contributed by atoms with Gasteiger partial charge < -0.3 is 10.2 Å². The van der Waals surface area contributed by atoms with Gasteiger partial charge in [0.15, 0.2) is 0 Å². The number of benzene rings is 1. The number of halogens is 1. The molecular weight excluding hydrogens is 243 g/mol. The molecule has 0 unspecified atom stereocenters. The summed E-state index contributed by atoms with van der Waals surface area (Å²) in [7, 11) is 0. The molecule has 0 spiro atoms. The summed E-state index contributed by atoms with van der Waals surface area (Å²) in [6, 6.07) is 4.38. The van der Waals surface area contributed by atoms with Crippen LogP contribution < -0.4 is 5.32 Å². The van der Waals surface area contributed by atoms with Crippen LogP contribution in [0, 0.1) is 5.82 Å². The minimum Gasteiger partial charge on any atom is -0.377 e. The summed E-state index contributed by atoms with van der Waals surface area (Å²) >= 11 is 0. The summed E-state index contributed by atoms with van der Waals surface area (Å²) in [5.41, 5.74) is 1.89. The summed E-state index contributed by atoms with van der Waals surface area (Å²) < 4.78 is 13.3. The number of amides is 1. The third kappa shape index (κ3) is 2.95. The van der Waals surface area contributed by atoms with Crippen LogP contribution in [-0.2, 0) is 4.79 Å². The highest BCUT2D eigenvalue weighted by Crippen LogP contribution is 2.32. The molecule has 0 fully saturated rings. The first kappa shape index (κ1) is 13.6. The van der Waals surface area contributed by atoms with E-state index in [0.717, 1.165) is 25.9 Å². The van der Waals surface area contributed by atoms with Crippen LogP contribution in [0.1, 0.15) is 32.3 Å². The maximum Gasteiger partial charge on any atom is 0.257 e. The molecule has 4 heteroatoms. The van der Waals surface area contributed by atoms with Gasteiger partial charge in [-0.15, -0.1) is 0 Å². The Balaban J connectivity index is 2.33. The van der Waals surface area contributed by atoms with Crippen LogP contribution in [0.3, 0.4) is 0 Å². The Kier molecular flexibility index (Phi) is 4.20. The molecule has 0 saturated carbocycles. The van der Waals surface area contributed by atoms with Gasteiger partial charge in [-0.3, -0.25) is 4.79 Å². The predicted octanol–water partition coefficient (Wildman–Crippen LogP) is 3.24. The van der Waals surface area contributed by atoms with E-state index in [2.05, 4.69) is 24.1 Å². The highest BCUT2D eigenvalue weighted by molar-refractivity contribution is 6.31. The molecule has 1 aromatic carbocycles. The van der Waals surface area contributed by atoms with Crippen LogP contribution in [0.2, 0.25) is 0 Å². The molecule has 1 aliphatic rings. The zero-order chi connectivity index (χ0) is 13.8. The number of hydrogen-bond donors (Lipinski definition) is 1. The van der Waals surface area contributed by atoms with E-state index in [1.54, 1.807) is 6.07 Å². The van der Waals surface area contributed by atoms with Crippen LogP contribution in [0.25, 0.3) is 5.57 Å². The van der Waals surface area contributed by atoms with Gasteiger partial charge in [0.25, 0.3) is 5.91 Å². The number of nitrogens with one attached hydrogen (secondary N) is 1. The van der Waals surface area contributed by atoms with E-state index in [0.29, 0.717) is 16.8 Å². The van der Waals surface area contributed by atoms with Gasteiger partial charge in [-0.25, -0.2) is 4.39 Å². The lowest BCUT2D eigenvalue weighted by atomic mass is 10.1. The van der Waals surface area contributed by atoms with E-state index in [4.69, 9.17) is 0 Å². The summed E-state index contributed by atoms with van der Waals surface area (Å²) in [5, 5.41) is 2.76. The summed E-state index contributed by atoms with van der Waals surface area (Å²) in [4.78, 5) is 14.1. The fourth-order valence-electron chi connectivity index (χ4n) is 2.29. The summed E-state index contributed by atoms with van der Waals surface area (Å²) in [6.07, 6.45) is 3.89. The van der Waals surface area contributed by atoms with E-state index >= 15 is 0 Å². The molecule has 0 aromatic heterocycles. The lowest BCUT2D eigenvalue weighted by molar-refractivity contribution is -0.110. The normalized spacial score (nSPS) is 15.5. The smallest absolute Gasteiger partial charge is 0.257 e. The number of fused-ring (bicyclic) bond motifs is 1. The first-order valence-electron chi connectivity index (χ1n) is 6.72. The van der Waals surface area contributed by atoms with Gasteiger partial charge in [0.2, 0.25) is 0 Å². The van der Waals surface area contributed by atoms with Crippen LogP contribution >= 0.6 is 0 Å². The van der Waals surface area contributed by atoms with Gasteiger partial charge in [0.1, 0.15) is 5.82 Å². The summed E-state index contributed by atoms with van der Waals surface area (Å²) in [6.45, 7) is 6.00. The molecular formula is C15H19FN2O. The third-order valence-electron chi connectivity index (χ3n) is 3.10. The number of carbonyl (C=O) groups excluding carboxylic acids is 1.